The highest BCUT2D eigenvalue weighted by atomic mass is 35.5. The Morgan fingerprint density at radius 3 is 2.29 bits per heavy atom. The van der Waals surface area contributed by atoms with Gasteiger partial charge in [0.1, 0.15) is 13.8 Å². The molecular formula is C25H23Cl2NO2Si. The van der Waals surface area contributed by atoms with Crippen molar-refractivity contribution in [3.8, 4) is 28.3 Å². The molecule has 0 amide bonds. The first-order chi connectivity index (χ1) is 14.5. The van der Waals surface area contributed by atoms with Crippen LogP contribution in [0.15, 0.2) is 54.6 Å². The number of anilines is 1. The van der Waals surface area contributed by atoms with E-state index >= 15 is 0 Å². The fraction of sp³-hybridized carbons (Fsp3) is 0.160. The molecule has 3 nitrogen and oxygen atoms in total. The Morgan fingerprint density at radius 1 is 0.968 bits per heavy atom. The molecule has 0 heterocycles. The Kier molecular flexibility index (Phi) is 6.81. The van der Waals surface area contributed by atoms with Crippen LogP contribution in [0.2, 0.25) is 29.7 Å². The molecule has 0 saturated carbocycles. The van der Waals surface area contributed by atoms with Gasteiger partial charge < -0.3 is 10.5 Å². The lowest BCUT2D eigenvalue weighted by Crippen LogP contribution is -2.16. The van der Waals surface area contributed by atoms with Gasteiger partial charge in [0.25, 0.3) is 0 Å². The Morgan fingerprint density at radius 2 is 1.61 bits per heavy atom. The number of carbonyl (C=O) groups is 1. The quantitative estimate of drug-likeness (QED) is 0.148. The molecule has 0 spiro atoms. The molecule has 6 heteroatoms. The lowest BCUT2D eigenvalue weighted by Gasteiger charge is -2.14. The van der Waals surface area contributed by atoms with Gasteiger partial charge in [-0.25, -0.2) is 4.79 Å². The van der Waals surface area contributed by atoms with E-state index in [0.717, 1.165) is 16.7 Å². The Bertz CT molecular complexity index is 1220. The summed E-state index contributed by atoms with van der Waals surface area (Å²) in [4.78, 5) is 12.9. The van der Waals surface area contributed by atoms with Gasteiger partial charge in [0.05, 0.1) is 5.56 Å². The van der Waals surface area contributed by atoms with Gasteiger partial charge in [-0.3, -0.25) is 0 Å². The standard InChI is InChI=1S/C25H23Cl2NO2Si/c1-16-6-5-7-22(24(16)28)25(29)30-23-15-19(27)9-11-21(23)20-10-8-18(26)14-17(20)12-13-31(2,3)4/h5-11,14-15H,28H2,1-4H3. The Hall–Kier alpha value is -2.71. The Labute approximate surface area is 194 Å². The minimum Gasteiger partial charge on any atom is -0.422 e. The van der Waals surface area contributed by atoms with Gasteiger partial charge in [-0.1, -0.05) is 67.0 Å². The van der Waals surface area contributed by atoms with Gasteiger partial charge in [-0.15, -0.1) is 5.54 Å². The van der Waals surface area contributed by atoms with Gasteiger partial charge in [0.15, 0.2) is 0 Å². The zero-order chi connectivity index (χ0) is 22.8. The molecule has 0 aromatic heterocycles. The van der Waals surface area contributed by atoms with E-state index in [-0.39, 0.29) is 0 Å². The minimum absolute atomic E-state index is 0.306. The molecule has 0 fully saturated rings. The third kappa shape index (κ3) is 5.71. The maximum absolute atomic E-state index is 12.9. The molecule has 3 aromatic carbocycles. The summed E-state index contributed by atoms with van der Waals surface area (Å²) in [5, 5.41) is 1.04. The van der Waals surface area contributed by atoms with E-state index in [2.05, 4.69) is 31.1 Å². The van der Waals surface area contributed by atoms with Gasteiger partial charge in [-0.2, -0.15) is 0 Å². The molecule has 3 rings (SSSR count). The van der Waals surface area contributed by atoms with Crippen molar-refractivity contribution < 1.29 is 9.53 Å². The van der Waals surface area contributed by atoms with E-state index in [1.807, 2.05) is 31.2 Å². The number of halogens is 2. The number of esters is 1. The summed E-state index contributed by atoms with van der Waals surface area (Å²) in [6.07, 6.45) is 0. The molecule has 3 aromatic rings. The SMILES string of the molecule is Cc1cccc(C(=O)Oc2cc(Cl)ccc2-c2ccc(Cl)cc2C#C[Si](C)(C)C)c1N. The van der Waals surface area contributed by atoms with Crippen LogP contribution in [0, 0.1) is 18.4 Å². The summed E-state index contributed by atoms with van der Waals surface area (Å²) in [5.74, 6) is 3.05. The van der Waals surface area contributed by atoms with Crippen molar-refractivity contribution in [1.82, 2.24) is 0 Å². The molecular weight excluding hydrogens is 445 g/mol. The van der Waals surface area contributed by atoms with Crippen LogP contribution in [0.5, 0.6) is 5.75 Å². The van der Waals surface area contributed by atoms with E-state index in [0.29, 0.717) is 32.6 Å². The van der Waals surface area contributed by atoms with Crippen LogP contribution in [0.1, 0.15) is 21.5 Å². The van der Waals surface area contributed by atoms with Gasteiger partial charge in [-0.05, 0) is 42.8 Å². The number of carbonyl (C=O) groups excluding carboxylic acids is 1. The topological polar surface area (TPSA) is 52.3 Å². The van der Waals surface area contributed by atoms with Crippen molar-refractivity contribution in [3.05, 3.63) is 81.3 Å². The normalized spacial score (nSPS) is 10.9. The third-order valence-electron chi connectivity index (χ3n) is 4.53. The molecule has 0 atom stereocenters. The van der Waals surface area contributed by atoms with Crippen molar-refractivity contribution in [2.24, 2.45) is 0 Å². The highest BCUT2D eigenvalue weighted by Crippen LogP contribution is 2.36. The zero-order valence-electron chi connectivity index (χ0n) is 17.8. The average Bonchev–Trinajstić information content (AvgIpc) is 2.68. The summed E-state index contributed by atoms with van der Waals surface area (Å²) in [6.45, 7) is 8.36. The molecule has 2 N–H and O–H groups in total. The van der Waals surface area contributed by atoms with E-state index in [9.17, 15) is 4.79 Å². The molecule has 0 bridgehead atoms. The molecule has 0 aliphatic rings. The third-order valence-corrected chi connectivity index (χ3v) is 5.88. The fourth-order valence-electron chi connectivity index (χ4n) is 2.93. The highest BCUT2D eigenvalue weighted by Gasteiger charge is 2.18. The number of benzene rings is 3. The smallest absolute Gasteiger partial charge is 0.345 e. The minimum atomic E-state index is -1.61. The predicted molar refractivity (Wildman–Crippen MR) is 133 cm³/mol. The summed E-state index contributed by atoms with van der Waals surface area (Å²) < 4.78 is 5.76. The van der Waals surface area contributed by atoms with Crippen LogP contribution in [0.4, 0.5) is 5.69 Å². The van der Waals surface area contributed by atoms with E-state index in [4.69, 9.17) is 33.7 Å². The molecule has 158 valence electrons. The van der Waals surface area contributed by atoms with Crippen LogP contribution in [0.3, 0.4) is 0 Å². The van der Waals surface area contributed by atoms with Crippen molar-refractivity contribution in [2.45, 2.75) is 26.6 Å². The summed E-state index contributed by atoms with van der Waals surface area (Å²) in [5.41, 5.74) is 13.2. The fourth-order valence-corrected chi connectivity index (χ4v) is 3.77. The van der Waals surface area contributed by atoms with Gasteiger partial charge in [0, 0.05) is 38.5 Å². The van der Waals surface area contributed by atoms with Crippen molar-refractivity contribution in [2.75, 3.05) is 5.73 Å². The second-order valence-corrected chi connectivity index (χ2v) is 13.9. The Balaban J connectivity index is 2.10. The predicted octanol–water partition coefficient (Wildman–Crippen LogP) is 7.00. The number of rotatable bonds is 3. The van der Waals surface area contributed by atoms with E-state index in [1.54, 1.807) is 30.3 Å². The first-order valence-electron chi connectivity index (χ1n) is 9.75. The number of nitrogens with two attached hydrogens (primary N) is 1. The second kappa shape index (κ2) is 9.19. The van der Waals surface area contributed by atoms with Crippen molar-refractivity contribution >= 4 is 42.9 Å². The molecule has 0 radical (unpaired) electrons. The van der Waals surface area contributed by atoms with Gasteiger partial charge in [0.2, 0.25) is 0 Å². The first-order valence-corrected chi connectivity index (χ1v) is 14.0. The number of hydrogen-bond acceptors (Lipinski definition) is 3. The lowest BCUT2D eigenvalue weighted by molar-refractivity contribution is 0.0736. The zero-order valence-corrected chi connectivity index (χ0v) is 20.4. The summed E-state index contributed by atoms with van der Waals surface area (Å²) >= 11 is 12.5. The van der Waals surface area contributed by atoms with Crippen molar-refractivity contribution in [3.63, 3.8) is 0 Å². The maximum Gasteiger partial charge on any atom is 0.345 e. The first kappa shape index (κ1) is 23.0. The van der Waals surface area contributed by atoms with Gasteiger partial charge >= 0.3 is 5.97 Å². The van der Waals surface area contributed by atoms with E-state index < -0.39 is 14.0 Å². The largest absolute Gasteiger partial charge is 0.422 e. The van der Waals surface area contributed by atoms with E-state index in [1.165, 1.54) is 0 Å². The number of aryl methyl sites for hydroxylation is 1. The molecule has 0 unspecified atom stereocenters. The highest BCUT2D eigenvalue weighted by molar-refractivity contribution is 6.83. The monoisotopic (exact) mass is 467 g/mol. The maximum atomic E-state index is 12.9. The summed E-state index contributed by atoms with van der Waals surface area (Å²) in [6, 6.07) is 15.9. The van der Waals surface area contributed by atoms with Crippen LogP contribution < -0.4 is 10.5 Å². The van der Waals surface area contributed by atoms with Crippen LogP contribution in [-0.2, 0) is 0 Å². The van der Waals surface area contributed by atoms with Crippen LogP contribution in [0.25, 0.3) is 11.1 Å². The number of ether oxygens (including phenoxy) is 1. The van der Waals surface area contributed by atoms with Crippen LogP contribution >= 0.6 is 23.2 Å². The van der Waals surface area contributed by atoms with Crippen molar-refractivity contribution in [1.29, 1.82) is 0 Å². The number of para-hydroxylation sites is 1. The van der Waals surface area contributed by atoms with Crippen LogP contribution in [-0.4, -0.2) is 14.0 Å². The molecule has 31 heavy (non-hydrogen) atoms. The number of hydrogen-bond donors (Lipinski definition) is 1. The summed E-state index contributed by atoms with van der Waals surface area (Å²) in [7, 11) is -1.61. The average molecular weight is 468 g/mol. The molecule has 0 aliphatic carbocycles. The molecule has 0 aliphatic heterocycles. The number of nitrogen functional groups attached to an aromatic ring is 1. The lowest BCUT2D eigenvalue weighted by atomic mass is 9.99. The molecule has 0 saturated heterocycles. The second-order valence-electron chi connectivity index (χ2n) is 8.26.